The van der Waals surface area contributed by atoms with Crippen molar-refractivity contribution in [3.05, 3.63) is 11.6 Å². The molecule has 0 radical (unpaired) electrons. The molecule has 0 spiro atoms. The largest absolute Gasteiger partial charge is 0.353 e. The molecule has 0 N–H and O–H groups in total. The maximum atomic E-state index is 5.55. The van der Waals surface area contributed by atoms with Gasteiger partial charge in [0, 0.05) is 12.5 Å². The van der Waals surface area contributed by atoms with E-state index in [0.29, 0.717) is 12.5 Å². The lowest BCUT2D eigenvalue weighted by Gasteiger charge is -2.22. The van der Waals surface area contributed by atoms with Crippen molar-refractivity contribution in [1.29, 1.82) is 0 Å². The van der Waals surface area contributed by atoms with Gasteiger partial charge in [-0.25, -0.2) is 0 Å². The van der Waals surface area contributed by atoms with Crippen molar-refractivity contribution in [1.82, 2.24) is 0 Å². The lowest BCUT2D eigenvalue weighted by molar-refractivity contribution is -0.156. The third-order valence-corrected chi connectivity index (χ3v) is 2.21. The smallest absolute Gasteiger partial charge is 0.158 e. The molecular formula is C10H17ClO2. The number of allylic oxidation sites excluding steroid dienone is 1. The Labute approximate surface area is 84.9 Å². The average Bonchev–Trinajstić information content (AvgIpc) is 2.17. The van der Waals surface area contributed by atoms with Crippen LogP contribution in [0.15, 0.2) is 11.6 Å². The van der Waals surface area contributed by atoms with Crippen molar-refractivity contribution in [2.75, 3.05) is 19.1 Å². The zero-order chi connectivity index (χ0) is 9.52. The lowest BCUT2D eigenvalue weighted by Crippen LogP contribution is -2.22. The maximum Gasteiger partial charge on any atom is 0.158 e. The first-order valence-corrected chi connectivity index (χ1v) is 5.31. The van der Waals surface area contributed by atoms with Gasteiger partial charge in [0.2, 0.25) is 0 Å². The minimum Gasteiger partial charge on any atom is -0.353 e. The normalized spacial score (nSPS) is 24.8. The second-order valence-corrected chi connectivity index (χ2v) is 3.62. The molecule has 1 aliphatic rings. The lowest BCUT2D eigenvalue weighted by atomic mass is 10.2. The molecule has 0 saturated carbocycles. The zero-order valence-corrected chi connectivity index (χ0v) is 8.85. The van der Waals surface area contributed by atoms with E-state index in [4.69, 9.17) is 21.1 Å². The molecule has 1 saturated heterocycles. The van der Waals surface area contributed by atoms with Crippen LogP contribution < -0.4 is 0 Å². The molecule has 3 heteroatoms. The zero-order valence-electron chi connectivity index (χ0n) is 8.09. The molecule has 0 aromatic carbocycles. The Balaban J connectivity index is 2.13. The summed E-state index contributed by atoms with van der Waals surface area (Å²) in [5.41, 5.74) is 1.17. The highest BCUT2D eigenvalue weighted by atomic mass is 35.5. The van der Waals surface area contributed by atoms with Gasteiger partial charge in [0.15, 0.2) is 6.29 Å². The van der Waals surface area contributed by atoms with Gasteiger partial charge in [-0.15, -0.1) is 11.6 Å². The highest BCUT2D eigenvalue weighted by molar-refractivity contribution is 6.18. The standard InChI is InChI=1S/C10H17ClO2/c1-9(5-6-11)8-13-10-4-2-3-7-12-10/h5,10H,2-4,6-8H2,1H3. The van der Waals surface area contributed by atoms with Crippen LogP contribution in [0.4, 0.5) is 0 Å². The van der Waals surface area contributed by atoms with Crippen LogP contribution in [0.5, 0.6) is 0 Å². The molecule has 1 heterocycles. The van der Waals surface area contributed by atoms with Crippen LogP contribution in [0, 0.1) is 0 Å². The Morgan fingerprint density at radius 3 is 3.08 bits per heavy atom. The molecule has 0 aromatic rings. The topological polar surface area (TPSA) is 18.5 Å². The Hall–Kier alpha value is -0.0500. The molecule has 0 bridgehead atoms. The summed E-state index contributed by atoms with van der Waals surface area (Å²) in [6, 6.07) is 0. The summed E-state index contributed by atoms with van der Waals surface area (Å²) in [6.45, 7) is 3.49. The van der Waals surface area contributed by atoms with Crippen molar-refractivity contribution in [3.8, 4) is 0 Å². The number of ether oxygens (including phenoxy) is 2. The molecule has 1 fully saturated rings. The molecule has 1 atom stereocenters. The summed E-state index contributed by atoms with van der Waals surface area (Å²) in [7, 11) is 0. The molecule has 0 aliphatic carbocycles. The van der Waals surface area contributed by atoms with E-state index in [2.05, 4.69) is 0 Å². The molecule has 1 unspecified atom stereocenters. The van der Waals surface area contributed by atoms with Crippen molar-refractivity contribution in [2.45, 2.75) is 32.5 Å². The summed E-state index contributed by atoms with van der Waals surface area (Å²) in [5, 5.41) is 0. The third-order valence-electron chi connectivity index (χ3n) is 2.06. The minimum atomic E-state index is 0.00688. The number of hydrogen-bond acceptors (Lipinski definition) is 2. The van der Waals surface area contributed by atoms with Gasteiger partial charge in [-0.1, -0.05) is 11.6 Å². The number of halogens is 1. The number of rotatable bonds is 4. The molecule has 76 valence electrons. The molecule has 1 rings (SSSR count). The van der Waals surface area contributed by atoms with Crippen molar-refractivity contribution < 1.29 is 9.47 Å². The van der Waals surface area contributed by atoms with Gasteiger partial charge in [-0.2, -0.15) is 0 Å². The number of alkyl halides is 1. The predicted octanol–water partition coefficient (Wildman–Crippen LogP) is 2.71. The van der Waals surface area contributed by atoms with E-state index in [1.54, 1.807) is 0 Å². The van der Waals surface area contributed by atoms with Crippen LogP contribution in [0.3, 0.4) is 0 Å². The van der Waals surface area contributed by atoms with E-state index < -0.39 is 0 Å². The summed E-state index contributed by atoms with van der Waals surface area (Å²) >= 11 is 5.55. The Kier molecular flexibility index (Phi) is 5.44. The van der Waals surface area contributed by atoms with Crippen molar-refractivity contribution in [3.63, 3.8) is 0 Å². The van der Waals surface area contributed by atoms with E-state index in [-0.39, 0.29) is 6.29 Å². The maximum absolute atomic E-state index is 5.55. The first-order valence-electron chi connectivity index (χ1n) is 4.77. The average molecular weight is 205 g/mol. The van der Waals surface area contributed by atoms with Gasteiger partial charge in [0.25, 0.3) is 0 Å². The van der Waals surface area contributed by atoms with E-state index >= 15 is 0 Å². The van der Waals surface area contributed by atoms with E-state index in [9.17, 15) is 0 Å². The van der Waals surface area contributed by atoms with Crippen LogP contribution in [-0.4, -0.2) is 25.4 Å². The molecule has 13 heavy (non-hydrogen) atoms. The highest BCUT2D eigenvalue weighted by Crippen LogP contribution is 2.14. The van der Waals surface area contributed by atoms with Gasteiger partial charge < -0.3 is 9.47 Å². The van der Waals surface area contributed by atoms with Crippen LogP contribution in [0.1, 0.15) is 26.2 Å². The van der Waals surface area contributed by atoms with Crippen LogP contribution in [-0.2, 0) is 9.47 Å². The van der Waals surface area contributed by atoms with Gasteiger partial charge >= 0.3 is 0 Å². The first-order chi connectivity index (χ1) is 6.33. The quantitative estimate of drug-likeness (QED) is 0.518. The summed E-state index contributed by atoms with van der Waals surface area (Å²) < 4.78 is 11.0. The fourth-order valence-corrected chi connectivity index (χ4v) is 1.52. The van der Waals surface area contributed by atoms with Gasteiger partial charge in [0.1, 0.15) is 0 Å². The fraction of sp³-hybridized carbons (Fsp3) is 0.800. The van der Waals surface area contributed by atoms with Gasteiger partial charge in [-0.05, 0) is 26.2 Å². The van der Waals surface area contributed by atoms with Gasteiger partial charge in [0.05, 0.1) is 6.61 Å². The predicted molar refractivity (Wildman–Crippen MR) is 54.0 cm³/mol. The van der Waals surface area contributed by atoms with Crippen LogP contribution >= 0.6 is 11.6 Å². The monoisotopic (exact) mass is 204 g/mol. The molecular weight excluding hydrogens is 188 g/mol. The summed E-state index contributed by atoms with van der Waals surface area (Å²) in [4.78, 5) is 0. The molecule has 0 aromatic heterocycles. The van der Waals surface area contributed by atoms with E-state index in [0.717, 1.165) is 19.4 Å². The Morgan fingerprint density at radius 2 is 2.46 bits per heavy atom. The second-order valence-electron chi connectivity index (χ2n) is 3.31. The molecule has 2 nitrogen and oxygen atoms in total. The highest BCUT2D eigenvalue weighted by Gasteiger charge is 2.13. The van der Waals surface area contributed by atoms with Crippen LogP contribution in [0.2, 0.25) is 0 Å². The van der Waals surface area contributed by atoms with E-state index in [1.807, 2.05) is 13.0 Å². The van der Waals surface area contributed by atoms with E-state index in [1.165, 1.54) is 12.0 Å². The first kappa shape index (κ1) is 11.0. The second kappa shape index (κ2) is 6.41. The van der Waals surface area contributed by atoms with Crippen molar-refractivity contribution in [2.24, 2.45) is 0 Å². The number of hydrogen-bond donors (Lipinski definition) is 0. The Morgan fingerprint density at radius 1 is 1.62 bits per heavy atom. The van der Waals surface area contributed by atoms with Gasteiger partial charge in [-0.3, -0.25) is 0 Å². The van der Waals surface area contributed by atoms with Crippen molar-refractivity contribution >= 4 is 11.6 Å². The summed E-state index contributed by atoms with van der Waals surface area (Å²) in [5.74, 6) is 0.556. The SMILES string of the molecule is CC(=CCCl)COC1CCCCO1. The van der Waals surface area contributed by atoms with Crippen LogP contribution in [0.25, 0.3) is 0 Å². The molecule has 0 amide bonds. The third kappa shape index (κ3) is 4.65. The Bertz CT molecular complexity index is 162. The minimum absolute atomic E-state index is 0.00688. The fourth-order valence-electron chi connectivity index (χ4n) is 1.26. The summed E-state index contributed by atoms with van der Waals surface area (Å²) in [6.07, 6.45) is 5.37. The molecule has 1 aliphatic heterocycles.